The van der Waals surface area contributed by atoms with E-state index in [-0.39, 0.29) is 5.78 Å². The number of H-pyrrole nitrogens is 1. The molecule has 6 nitrogen and oxygen atoms in total. The first-order valence-electron chi connectivity index (χ1n) is 9.21. The van der Waals surface area contributed by atoms with Crippen LogP contribution in [0.2, 0.25) is 0 Å². The maximum Gasteiger partial charge on any atom is 0.218 e. The maximum absolute atomic E-state index is 13.7. The Balaban J connectivity index is 1.80. The van der Waals surface area contributed by atoms with E-state index in [2.05, 4.69) is 15.3 Å². The Kier molecular flexibility index (Phi) is 5.16. The first kappa shape index (κ1) is 18.6. The van der Waals surface area contributed by atoms with Gasteiger partial charge in [0, 0.05) is 46.2 Å². The summed E-state index contributed by atoms with van der Waals surface area (Å²) >= 11 is 0. The van der Waals surface area contributed by atoms with Crippen LogP contribution in [-0.4, -0.2) is 30.0 Å². The fourth-order valence-corrected chi connectivity index (χ4v) is 3.39. The van der Waals surface area contributed by atoms with Gasteiger partial charge in [-0.05, 0) is 30.3 Å². The number of hydrogen-bond acceptors (Lipinski definition) is 5. The summed E-state index contributed by atoms with van der Waals surface area (Å²) in [6.45, 7) is 0. The minimum absolute atomic E-state index is 0.0865. The fourth-order valence-electron chi connectivity index (χ4n) is 3.39. The van der Waals surface area contributed by atoms with Gasteiger partial charge in [-0.25, -0.2) is 4.98 Å². The highest BCUT2D eigenvalue weighted by molar-refractivity contribution is 6.11. The molecule has 0 fully saturated rings. The van der Waals surface area contributed by atoms with Crippen LogP contribution in [0, 0.1) is 0 Å². The highest BCUT2D eigenvalue weighted by atomic mass is 16.5. The van der Waals surface area contributed by atoms with Gasteiger partial charge in [0.05, 0.1) is 14.2 Å². The second-order valence-corrected chi connectivity index (χ2v) is 6.52. The second kappa shape index (κ2) is 8.06. The summed E-state index contributed by atoms with van der Waals surface area (Å²) in [7, 11) is 3.16. The molecule has 0 bridgehead atoms. The normalized spacial score (nSPS) is 11.8. The molecule has 29 heavy (non-hydrogen) atoms. The molecule has 4 rings (SSSR count). The maximum atomic E-state index is 13.7. The molecule has 0 aliphatic heterocycles. The van der Waals surface area contributed by atoms with E-state index in [0.29, 0.717) is 22.8 Å². The van der Waals surface area contributed by atoms with Crippen LogP contribution in [0.1, 0.15) is 22.0 Å². The lowest BCUT2D eigenvalue weighted by atomic mass is 9.97. The second-order valence-electron chi connectivity index (χ2n) is 6.52. The predicted molar refractivity (Wildman–Crippen MR) is 113 cm³/mol. The Hall–Kier alpha value is -3.80. The van der Waals surface area contributed by atoms with Gasteiger partial charge in [-0.3, -0.25) is 4.79 Å². The van der Waals surface area contributed by atoms with Gasteiger partial charge < -0.3 is 19.8 Å². The third-order valence-electron chi connectivity index (χ3n) is 4.80. The monoisotopic (exact) mass is 387 g/mol. The number of carbonyl (C=O) groups is 1. The molecule has 2 heterocycles. The minimum atomic E-state index is -0.690. The quantitative estimate of drug-likeness (QED) is 0.453. The van der Waals surface area contributed by atoms with Crippen LogP contribution in [0.5, 0.6) is 11.6 Å². The van der Waals surface area contributed by atoms with Gasteiger partial charge in [0.25, 0.3) is 0 Å². The van der Waals surface area contributed by atoms with Crippen molar-refractivity contribution < 1.29 is 14.3 Å². The molecular formula is C23H21N3O3. The van der Waals surface area contributed by atoms with E-state index in [9.17, 15) is 4.79 Å². The zero-order chi connectivity index (χ0) is 20.2. The van der Waals surface area contributed by atoms with E-state index in [1.807, 2.05) is 54.6 Å². The molecule has 2 N–H and O–H groups in total. The highest BCUT2D eigenvalue weighted by Crippen LogP contribution is 2.32. The van der Waals surface area contributed by atoms with Crippen molar-refractivity contribution in [2.45, 2.75) is 6.04 Å². The number of Topliss-reactive ketones (excluding diaryl/α,β-unsaturated/α-hetero) is 1. The molecule has 0 amide bonds. The lowest BCUT2D eigenvalue weighted by Gasteiger charge is -2.21. The molecule has 0 radical (unpaired) electrons. The van der Waals surface area contributed by atoms with E-state index in [0.717, 1.165) is 16.6 Å². The van der Waals surface area contributed by atoms with Gasteiger partial charge in [-0.15, -0.1) is 0 Å². The molecule has 0 aliphatic rings. The Morgan fingerprint density at radius 3 is 2.72 bits per heavy atom. The van der Waals surface area contributed by atoms with Crippen molar-refractivity contribution in [1.29, 1.82) is 0 Å². The van der Waals surface area contributed by atoms with Gasteiger partial charge in [0.15, 0.2) is 5.78 Å². The third-order valence-corrected chi connectivity index (χ3v) is 4.80. The average molecular weight is 387 g/mol. The number of anilines is 1. The number of benzene rings is 2. The zero-order valence-electron chi connectivity index (χ0n) is 16.2. The number of pyridine rings is 1. The minimum Gasteiger partial charge on any atom is -0.497 e. The van der Waals surface area contributed by atoms with Crippen LogP contribution in [-0.2, 0) is 0 Å². The molecule has 1 atom stereocenters. The van der Waals surface area contributed by atoms with Gasteiger partial charge >= 0.3 is 0 Å². The summed E-state index contributed by atoms with van der Waals surface area (Å²) in [4.78, 5) is 21.1. The van der Waals surface area contributed by atoms with Crippen molar-refractivity contribution >= 4 is 22.4 Å². The smallest absolute Gasteiger partial charge is 0.218 e. The number of nitrogens with one attached hydrogen (secondary N) is 2. The number of ether oxygens (including phenoxy) is 2. The largest absolute Gasteiger partial charge is 0.497 e. The van der Waals surface area contributed by atoms with Crippen molar-refractivity contribution in [3.05, 3.63) is 84.2 Å². The standard InChI is InChI=1S/C23H21N3O3/c1-28-16-8-5-7-15(13-16)26-21(18-10-6-12-24-23(18)29-2)22(27)19-14-25-20-11-4-3-9-17(19)20/h3-14,21,25-26H,1-2H3. The number of fused-ring (bicyclic) bond motifs is 1. The summed E-state index contributed by atoms with van der Waals surface area (Å²) < 4.78 is 10.7. The average Bonchev–Trinajstić information content (AvgIpc) is 3.21. The molecule has 2 aromatic carbocycles. The topological polar surface area (TPSA) is 76.2 Å². The van der Waals surface area contributed by atoms with Crippen molar-refractivity contribution in [3.8, 4) is 11.6 Å². The molecular weight excluding hydrogens is 366 g/mol. The van der Waals surface area contributed by atoms with Crippen LogP contribution in [0.25, 0.3) is 10.9 Å². The molecule has 1 unspecified atom stereocenters. The summed E-state index contributed by atoms with van der Waals surface area (Å²) in [6, 6.07) is 18.1. The van der Waals surface area contributed by atoms with Gasteiger partial charge in [0.2, 0.25) is 5.88 Å². The third kappa shape index (κ3) is 3.65. The molecule has 2 aromatic heterocycles. The number of methoxy groups -OCH3 is 2. The number of para-hydroxylation sites is 1. The van der Waals surface area contributed by atoms with Crippen LogP contribution < -0.4 is 14.8 Å². The van der Waals surface area contributed by atoms with E-state index in [1.54, 1.807) is 32.7 Å². The molecule has 0 spiro atoms. The Morgan fingerprint density at radius 1 is 1.03 bits per heavy atom. The van der Waals surface area contributed by atoms with Gasteiger partial charge in [-0.1, -0.05) is 24.3 Å². The lowest BCUT2D eigenvalue weighted by molar-refractivity contribution is 0.0969. The molecule has 0 saturated carbocycles. The molecule has 0 saturated heterocycles. The number of aromatic amines is 1. The summed E-state index contributed by atoms with van der Waals surface area (Å²) in [5, 5.41) is 4.21. The van der Waals surface area contributed by atoms with Crippen LogP contribution in [0.15, 0.2) is 73.1 Å². The summed E-state index contributed by atoms with van der Waals surface area (Å²) in [5.74, 6) is 1.02. The van der Waals surface area contributed by atoms with Crippen molar-refractivity contribution in [2.24, 2.45) is 0 Å². The predicted octanol–water partition coefficient (Wildman–Crippen LogP) is 4.62. The summed E-state index contributed by atoms with van der Waals surface area (Å²) in [5.41, 5.74) is 2.93. The molecule has 6 heteroatoms. The molecule has 146 valence electrons. The Bertz CT molecular complexity index is 1150. The number of aromatic nitrogens is 2. The molecule has 4 aromatic rings. The zero-order valence-corrected chi connectivity index (χ0v) is 16.2. The lowest BCUT2D eigenvalue weighted by Crippen LogP contribution is -2.22. The van der Waals surface area contributed by atoms with E-state index < -0.39 is 6.04 Å². The van der Waals surface area contributed by atoms with E-state index in [1.165, 1.54) is 0 Å². The number of hydrogen-bond donors (Lipinski definition) is 2. The number of ketones is 1. The summed E-state index contributed by atoms with van der Waals surface area (Å²) in [6.07, 6.45) is 3.39. The Morgan fingerprint density at radius 2 is 1.90 bits per heavy atom. The van der Waals surface area contributed by atoms with Crippen molar-refractivity contribution in [3.63, 3.8) is 0 Å². The first-order chi connectivity index (χ1) is 14.2. The fraction of sp³-hybridized carbons (Fsp3) is 0.130. The van der Waals surface area contributed by atoms with Gasteiger partial charge in [-0.2, -0.15) is 0 Å². The van der Waals surface area contributed by atoms with Crippen molar-refractivity contribution in [2.75, 3.05) is 19.5 Å². The number of rotatable bonds is 7. The van der Waals surface area contributed by atoms with E-state index >= 15 is 0 Å². The van der Waals surface area contributed by atoms with Gasteiger partial charge in [0.1, 0.15) is 11.8 Å². The number of carbonyl (C=O) groups excluding carboxylic acids is 1. The van der Waals surface area contributed by atoms with Crippen molar-refractivity contribution in [1.82, 2.24) is 9.97 Å². The highest BCUT2D eigenvalue weighted by Gasteiger charge is 2.27. The van der Waals surface area contributed by atoms with Crippen LogP contribution in [0.4, 0.5) is 5.69 Å². The Labute approximate surface area is 168 Å². The first-order valence-corrected chi connectivity index (χ1v) is 9.21. The molecule has 0 aliphatic carbocycles. The van der Waals surface area contributed by atoms with Crippen LogP contribution >= 0.6 is 0 Å². The number of nitrogens with zero attached hydrogens (tertiary/aromatic N) is 1. The van der Waals surface area contributed by atoms with Crippen LogP contribution in [0.3, 0.4) is 0 Å². The SMILES string of the molecule is COc1cccc(NC(C(=O)c2c[nH]c3ccccc23)c2cccnc2OC)c1. The van der Waals surface area contributed by atoms with E-state index in [4.69, 9.17) is 9.47 Å².